The summed E-state index contributed by atoms with van der Waals surface area (Å²) >= 11 is 0. The van der Waals surface area contributed by atoms with E-state index >= 15 is 0 Å². The minimum atomic E-state index is -0.404. The van der Waals surface area contributed by atoms with Crippen LogP contribution in [0, 0.1) is 0 Å². The molecule has 0 N–H and O–H groups in total. The number of fused-ring (bicyclic) bond motifs is 1. The highest BCUT2D eigenvalue weighted by atomic mass is 16.7. The van der Waals surface area contributed by atoms with Crippen molar-refractivity contribution in [2.45, 2.75) is 45.1 Å². The van der Waals surface area contributed by atoms with Crippen LogP contribution in [0.3, 0.4) is 0 Å². The van der Waals surface area contributed by atoms with Gasteiger partial charge in [-0.15, -0.1) is 0 Å². The molecule has 0 bridgehead atoms. The summed E-state index contributed by atoms with van der Waals surface area (Å²) in [6.45, 7) is 6.51. The molecule has 0 amide bonds. The van der Waals surface area contributed by atoms with Crippen LogP contribution in [0.4, 0.5) is 0 Å². The summed E-state index contributed by atoms with van der Waals surface area (Å²) in [7, 11) is 0. The van der Waals surface area contributed by atoms with E-state index in [1.165, 1.54) is 12.8 Å². The molecule has 1 saturated heterocycles. The summed E-state index contributed by atoms with van der Waals surface area (Å²) in [4.78, 5) is 15.5. The number of ketones is 1. The van der Waals surface area contributed by atoms with E-state index in [2.05, 4.69) is 18.7 Å². The van der Waals surface area contributed by atoms with Crippen molar-refractivity contribution in [3.63, 3.8) is 0 Å². The first-order valence-corrected chi connectivity index (χ1v) is 7.84. The van der Waals surface area contributed by atoms with Crippen molar-refractivity contribution in [1.82, 2.24) is 4.90 Å². The van der Waals surface area contributed by atoms with Crippen molar-refractivity contribution in [2.75, 3.05) is 19.9 Å². The summed E-state index contributed by atoms with van der Waals surface area (Å²) in [5.74, 6) is 1.61. The number of rotatable bonds is 5. The van der Waals surface area contributed by atoms with E-state index in [1.54, 1.807) is 0 Å². The standard InChI is InChI=1S/C17H23NO3/c1-3-8-17(2,18-9-4-5-10-18)16(19)13-6-7-14-15(11-13)21-12-20-14/h6-7,11H,3-5,8-10,12H2,1-2H3. The first-order chi connectivity index (χ1) is 10.1. The second-order valence-electron chi connectivity index (χ2n) is 6.12. The molecule has 4 heteroatoms. The van der Waals surface area contributed by atoms with Gasteiger partial charge in [0.2, 0.25) is 6.79 Å². The molecule has 0 aliphatic carbocycles. The van der Waals surface area contributed by atoms with E-state index in [0.717, 1.165) is 37.2 Å². The minimum absolute atomic E-state index is 0.199. The molecule has 1 unspecified atom stereocenters. The van der Waals surface area contributed by atoms with Crippen molar-refractivity contribution in [3.8, 4) is 11.5 Å². The van der Waals surface area contributed by atoms with Gasteiger partial charge in [-0.05, 0) is 57.5 Å². The topological polar surface area (TPSA) is 38.8 Å². The fourth-order valence-corrected chi connectivity index (χ4v) is 3.46. The molecule has 2 aliphatic heterocycles. The number of carbonyl (C=O) groups is 1. The van der Waals surface area contributed by atoms with Gasteiger partial charge in [0.25, 0.3) is 0 Å². The Hall–Kier alpha value is -1.55. The van der Waals surface area contributed by atoms with Gasteiger partial charge < -0.3 is 9.47 Å². The number of likely N-dealkylation sites (tertiary alicyclic amines) is 1. The molecular weight excluding hydrogens is 266 g/mol. The lowest BCUT2D eigenvalue weighted by atomic mass is 9.85. The third-order valence-electron chi connectivity index (χ3n) is 4.66. The lowest BCUT2D eigenvalue weighted by Gasteiger charge is -2.37. The van der Waals surface area contributed by atoms with Crippen molar-refractivity contribution in [1.29, 1.82) is 0 Å². The van der Waals surface area contributed by atoms with Gasteiger partial charge in [0, 0.05) is 5.56 Å². The molecule has 1 fully saturated rings. The molecule has 0 spiro atoms. The van der Waals surface area contributed by atoms with E-state index in [9.17, 15) is 4.79 Å². The Kier molecular flexibility index (Phi) is 3.89. The number of carbonyl (C=O) groups excluding carboxylic acids is 1. The summed E-state index contributed by atoms with van der Waals surface area (Å²) in [6.07, 6.45) is 4.27. The largest absolute Gasteiger partial charge is 0.454 e. The second kappa shape index (κ2) is 5.68. The first kappa shape index (κ1) is 14.4. The fraction of sp³-hybridized carbons (Fsp3) is 0.588. The highest BCUT2D eigenvalue weighted by Gasteiger charge is 2.40. The van der Waals surface area contributed by atoms with Crippen LogP contribution in [0.1, 0.15) is 49.9 Å². The number of hydrogen-bond acceptors (Lipinski definition) is 4. The zero-order chi connectivity index (χ0) is 14.9. The van der Waals surface area contributed by atoms with Gasteiger partial charge in [-0.1, -0.05) is 13.3 Å². The van der Waals surface area contributed by atoms with Gasteiger partial charge in [0.1, 0.15) is 0 Å². The first-order valence-electron chi connectivity index (χ1n) is 7.84. The number of hydrogen-bond donors (Lipinski definition) is 0. The van der Waals surface area contributed by atoms with Crippen molar-refractivity contribution in [2.24, 2.45) is 0 Å². The third kappa shape index (κ3) is 2.53. The minimum Gasteiger partial charge on any atom is -0.454 e. The Morgan fingerprint density at radius 3 is 2.67 bits per heavy atom. The van der Waals surface area contributed by atoms with E-state index in [4.69, 9.17) is 9.47 Å². The fourth-order valence-electron chi connectivity index (χ4n) is 3.46. The molecule has 21 heavy (non-hydrogen) atoms. The van der Waals surface area contributed by atoms with E-state index < -0.39 is 5.54 Å². The average molecular weight is 289 g/mol. The van der Waals surface area contributed by atoms with Gasteiger partial charge >= 0.3 is 0 Å². The molecule has 3 rings (SSSR count). The van der Waals surface area contributed by atoms with E-state index in [0.29, 0.717) is 5.75 Å². The van der Waals surface area contributed by atoms with Gasteiger partial charge in [-0.2, -0.15) is 0 Å². The molecular formula is C17H23NO3. The van der Waals surface area contributed by atoms with Crippen molar-refractivity contribution >= 4 is 5.78 Å². The smallest absolute Gasteiger partial charge is 0.231 e. The lowest BCUT2D eigenvalue weighted by molar-refractivity contribution is 0.0631. The molecule has 2 aliphatic rings. The number of benzene rings is 1. The highest BCUT2D eigenvalue weighted by molar-refractivity contribution is 6.03. The second-order valence-corrected chi connectivity index (χ2v) is 6.12. The molecule has 2 heterocycles. The Morgan fingerprint density at radius 1 is 1.24 bits per heavy atom. The number of ether oxygens (including phenoxy) is 2. The van der Waals surface area contributed by atoms with Crippen molar-refractivity contribution < 1.29 is 14.3 Å². The number of Topliss-reactive ketones (excluding diaryl/α,β-unsaturated/α-hetero) is 1. The van der Waals surface area contributed by atoms with Crippen LogP contribution in [0.5, 0.6) is 11.5 Å². The summed E-state index contributed by atoms with van der Waals surface area (Å²) in [5.41, 5.74) is 0.320. The molecule has 1 aromatic rings. The molecule has 1 atom stereocenters. The van der Waals surface area contributed by atoms with Crippen LogP contribution in [-0.4, -0.2) is 36.1 Å². The Balaban J connectivity index is 1.90. The molecule has 0 radical (unpaired) electrons. The monoisotopic (exact) mass is 289 g/mol. The van der Waals surface area contributed by atoms with Crippen LogP contribution < -0.4 is 9.47 Å². The molecule has 4 nitrogen and oxygen atoms in total. The third-order valence-corrected chi connectivity index (χ3v) is 4.66. The summed E-state index contributed by atoms with van der Waals surface area (Å²) in [5, 5.41) is 0. The Bertz CT molecular complexity index is 537. The highest BCUT2D eigenvalue weighted by Crippen LogP contribution is 2.35. The summed E-state index contributed by atoms with van der Waals surface area (Å²) < 4.78 is 10.7. The van der Waals surface area contributed by atoms with Crippen LogP contribution in [0.2, 0.25) is 0 Å². The lowest BCUT2D eigenvalue weighted by Crippen LogP contribution is -2.51. The van der Waals surface area contributed by atoms with Gasteiger partial charge in [-0.25, -0.2) is 0 Å². The van der Waals surface area contributed by atoms with Crippen LogP contribution in [0.15, 0.2) is 18.2 Å². The molecule has 0 aromatic heterocycles. The van der Waals surface area contributed by atoms with Gasteiger partial charge in [0.15, 0.2) is 17.3 Å². The maximum absolute atomic E-state index is 13.1. The van der Waals surface area contributed by atoms with Gasteiger partial charge in [0.05, 0.1) is 5.54 Å². The molecule has 114 valence electrons. The van der Waals surface area contributed by atoms with Gasteiger partial charge in [-0.3, -0.25) is 9.69 Å². The number of nitrogens with zero attached hydrogens (tertiary/aromatic N) is 1. The SMILES string of the molecule is CCCC(C)(C(=O)c1ccc2c(c1)OCO2)N1CCCC1. The average Bonchev–Trinajstić information content (AvgIpc) is 3.17. The van der Waals surface area contributed by atoms with Crippen LogP contribution in [0.25, 0.3) is 0 Å². The summed E-state index contributed by atoms with van der Waals surface area (Å²) in [6, 6.07) is 5.53. The quantitative estimate of drug-likeness (QED) is 0.780. The van der Waals surface area contributed by atoms with Crippen LogP contribution >= 0.6 is 0 Å². The predicted octanol–water partition coefficient (Wildman–Crippen LogP) is 3.25. The Labute approximate surface area is 126 Å². The molecule has 0 saturated carbocycles. The van der Waals surface area contributed by atoms with Crippen LogP contribution in [-0.2, 0) is 0 Å². The molecule has 1 aromatic carbocycles. The maximum atomic E-state index is 13.1. The Morgan fingerprint density at radius 2 is 1.95 bits per heavy atom. The van der Waals surface area contributed by atoms with Crippen molar-refractivity contribution in [3.05, 3.63) is 23.8 Å². The van der Waals surface area contributed by atoms with E-state index in [-0.39, 0.29) is 12.6 Å². The zero-order valence-electron chi connectivity index (χ0n) is 12.9. The maximum Gasteiger partial charge on any atom is 0.231 e. The van der Waals surface area contributed by atoms with E-state index in [1.807, 2.05) is 18.2 Å². The predicted molar refractivity (Wildman–Crippen MR) is 81.0 cm³/mol. The normalized spacial score (nSPS) is 20.5. The zero-order valence-corrected chi connectivity index (χ0v) is 12.9.